The predicted octanol–water partition coefficient (Wildman–Crippen LogP) is 5.04. The normalized spacial score (nSPS) is 21.1. The molecule has 0 radical (unpaired) electrons. The molecule has 0 spiro atoms. The minimum atomic E-state index is -0.127. The number of carbonyl (C=O) groups is 1. The molecule has 2 aromatic carbocycles. The van der Waals surface area contributed by atoms with Crippen LogP contribution in [0, 0.1) is 0 Å². The molecular formula is C22H23ClN2O3S. The van der Waals surface area contributed by atoms with Crippen molar-refractivity contribution in [1.29, 1.82) is 0 Å². The third-order valence-corrected chi connectivity index (χ3v) is 6.27. The Morgan fingerprint density at radius 2 is 2.00 bits per heavy atom. The van der Waals surface area contributed by atoms with Gasteiger partial charge < -0.3 is 9.47 Å². The van der Waals surface area contributed by atoms with Crippen LogP contribution >= 0.6 is 23.4 Å². The van der Waals surface area contributed by atoms with Crippen LogP contribution in [0.1, 0.15) is 30.1 Å². The number of anilines is 1. The molecule has 2 atom stereocenters. The third-order valence-electron chi connectivity index (χ3n) is 4.82. The highest BCUT2D eigenvalue weighted by Crippen LogP contribution is 2.29. The number of amidine groups is 1. The average molecular weight is 431 g/mol. The molecule has 1 fully saturated rings. The maximum Gasteiger partial charge on any atom is 0.264 e. The fourth-order valence-electron chi connectivity index (χ4n) is 3.27. The largest absolute Gasteiger partial charge is 0.491 e. The number of amides is 1. The SMILES string of the molecule is C[C@H]1CSC(N(C(=O)c2ccc(OC[C@H]3CCCO3)cc2)c2ccc(Cl)cc2)=N1. The Labute approximate surface area is 180 Å². The van der Waals surface area contributed by atoms with E-state index in [1.54, 1.807) is 40.9 Å². The summed E-state index contributed by atoms with van der Waals surface area (Å²) in [5.74, 6) is 1.47. The molecule has 1 saturated heterocycles. The minimum Gasteiger partial charge on any atom is -0.491 e. The molecule has 4 rings (SSSR count). The van der Waals surface area contributed by atoms with Gasteiger partial charge in [-0.2, -0.15) is 0 Å². The summed E-state index contributed by atoms with van der Waals surface area (Å²) in [7, 11) is 0. The summed E-state index contributed by atoms with van der Waals surface area (Å²) >= 11 is 7.62. The first-order valence-corrected chi connectivity index (χ1v) is 11.1. The first kappa shape index (κ1) is 20.3. The molecule has 0 bridgehead atoms. The Morgan fingerprint density at radius 3 is 2.62 bits per heavy atom. The number of aliphatic imine (C=N–C) groups is 1. The van der Waals surface area contributed by atoms with E-state index in [1.165, 1.54) is 0 Å². The topological polar surface area (TPSA) is 51.1 Å². The highest BCUT2D eigenvalue weighted by atomic mass is 35.5. The van der Waals surface area contributed by atoms with Gasteiger partial charge >= 0.3 is 0 Å². The van der Waals surface area contributed by atoms with Gasteiger partial charge in [-0.1, -0.05) is 23.4 Å². The van der Waals surface area contributed by atoms with E-state index in [2.05, 4.69) is 4.99 Å². The lowest BCUT2D eigenvalue weighted by Gasteiger charge is -2.22. The summed E-state index contributed by atoms with van der Waals surface area (Å²) in [6.45, 7) is 3.39. The van der Waals surface area contributed by atoms with Crippen LogP contribution in [0.5, 0.6) is 5.75 Å². The van der Waals surface area contributed by atoms with Crippen molar-refractivity contribution in [1.82, 2.24) is 0 Å². The van der Waals surface area contributed by atoms with E-state index in [-0.39, 0.29) is 18.1 Å². The van der Waals surface area contributed by atoms with Crippen molar-refractivity contribution in [3.8, 4) is 5.75 Å². The van der Waals surface area contributed by atoms with Crippen molar-refractivity contribution < 1.29 is 14.3 Å². The molecule has 2 aromatic rings. The second-order valence-corrected chi connectivity index (χ2v) is 8.58. The maximum absolute atomic E-state index is 13.3. The number of rotatable bonds is 5. The predicted molar refractivity (Wildman–Crippen MR) is 119 cm³/mol. The quantitative estimate of drug-likeness (QED) is 0.667. The summed E-state index contributed by atoms with van der Waals surface area (Å²) in [5.41, 5.74) is 1.32. The van der Waals surface area contributed by atoms with Crippen LogP contribution in [0.4, 0.5) is 5.69 Å². The van der Waals surface area contributed by atoms with Gasteiger partial charge in [-0.3, -0.25) is 14.7 Å². The maximum atomic E-state index is 13.3. The molecule has 2 aliphatic heterocycles. The van der Waals surface area contributed by atoms with Gasteiger partial charge in [0.1, 0.15) is 12.4 Å². The van der Waals surface area contributed by atoms with Crippen LogP contribution < -0.4 is 9.64 Å². The number of hydrogen-bond acceptors (Lipinski definition) is 5. The van der Waals surface area contributed by atoms with Gasteiger partial charge in [-0.05, 0) is 68.3 Å². The van der Waals surface area contributed by atoms with E-state index in [0.717, 1.165) is 36.6 Å². The summed E-state index contributed by atoms with van der Waals surface area (Å²) in [6, 6.07) is 14.7. The first-order valence-electron chi connectivity index (χ1n) is 9.75. The Kier molecular flexibility index (Phi) is 6.43. The van der Waals surface area contributed by atoms with Gasteiger partial charge in [0.05, 0.1) is 17.8 Å². The van der Waals surface area contributed by atoms with Crippen LogP contribution in [0.2, 0.25) is 5.02 Å². The Hall–Kier alpha value is -2.02. The molecular weight excluding hydrogens is 408 g/mol. The molecule has 29 heavy (non-hydrogen) atoms. The van der Waals surface area contributed by atoms with E-state index in [0.29, 0.717) is 22.4 Å². The van der Waals surface area contributed by atoms with Gasteiger partial charge in [0.25, 0.3) is 5.91 Å². The molecule has 0 unspecified atom stereocenters. The highest BCUT2D eigenvalue weighted by molar-refractivity contribution is 8.14. The molecule has 0 aliphatic carbocycles. The van der Waals surface area contributed by atoms with Crippen LogP contribution in [0.25, 0.3) is 0 Å². The molecule has 0 saturated carbocycles. The van der Waals surface area contributed by atoms with Crippen molar-refractivity contribution in [2.24, 2.45) is 4.99 Å². The average Bonchev–Trinajstić information content (AvgIpc) is 3.40. The molecule has 2 heterocycles. The molecule has 0 N–H and O–H groups in total. The summed E-state index contributed by atoms with van der Waals surface area (Å²) < 4.78 is 11.4. The van der Waals surface area contributed by atoms with Crippen LogP contribution in [-0.2, 0) is 4.74 Å². The zero-order valence-electron chi connectivity index (χ0n) is 16.2. The lowest BCUT2D eigenvalue weighted by molar-refractivity contribution is 0.0679. The monoisotopic (exact) mass is 430 g/mol. The van der Waals surface area contributed by atoms with Crippen molar-refractivity contribution in [2.75, 3.05) is 23.9 Å². The zero-order valence-corrected chi connectivity index (χ0v) is 17.8. The lowest BCUT2D eigenvalue weighted by Crippen LogP contribution is -2.34. The Balaban J connectivity index is 1.52. The van der Waals surface area contributed by atoms with Crippen LogP contribution in [0.15, 0.2) is 53.5 Å². The lowest BCUT2D eigenvalue weighted by atomic mass is 10.1. The first-order chi connectivity index (χ1) is 14.1. The van der Waals surface area contributed by atoms with Gasteiger partial charge in [0.15, 0.2) is 5.17 Å². The number of thioether (sulfide) groups is 1. The van der Waals surface area contributed by atoms with E-state index in [4.69, 9.17) is 21.1 Å². The van der Waals surface area contributed by atoms with E-state index >= 15 is 0 Å². The fraction of sp³-hybridized carbons (Fsp3) is 0.364. The van der Waals surface area contributed by atoms with Crippen molar-refractivity contribution in [3.05, 3.63) is 59.1 Å². The summed E-state index contributed by atoms with van der Waals surface area (Å²) in [6.07, 6.45) is 2.28. The summed E-state index contributed by atoms with van der Waals surface area (Å²) in [5, 5.41) is 1.34. The highest BCUT2D eigenvalue weighted by Gasteiger charge is 2.27. The number of nitrogens with zero attached hydrogens (tertiary/aromatic N) is 2. The fourth-order valence-corrected chi connectivity index (χ4v) is 4.44. The number of carbonyl (C=O) groups excluding carboxylic acids is 1. The number of benzene rings is 2. The molecule has 0 aromatic heterocycles. The minimum absolute atomic E-state index is 0.127. The smallest absolute Gasteiger partial charge is 0.264 e. The van der Waals surface area contributed by atoms with E-state index in [1.807, 2.05) is 31.2 Å². The Bertz CT molecular complexity index is 880. The number of ether oxygens (including phenoxy) is 2. The molecule has 7 heteroatoms. The standard InChI is InChI=1S/C22H23ClN2O3S/c1-15-14-29-22(24-15)25(18-8-6-17(23)7-9-18)21(26)16-4-10-19(11-5-16)28-13-20-3-2-12-27-20/h4-11,15,20H,2-3,12-14H2,1H3/t15-,20+/m0/s1. The zero-order chi connectivity index (χ0) is 20.2. The van der Waals surface area contributed by atoms with Gasteiger partial charge in [-0.15, -0.1) is 0 Å². The number of halogens is 1. The number of hydrogen-bond donors (Lipinski definition) is 0. The molecule has 5 nitrogen and oxygen atoms in total. The molecule has 2 aliphatic rings. The van der Waals surface area contributed by atoms with Crippen LogP contribution in [-0.4, -0.2) is 42.2 Å². The third kappa shape index (κ3) is 4.94. The van der Waals surface area contributed by atoms with E-state index in [9.17, 15) is 4.79 Å². The second kappa shape index (κ2) is 9.20. The van der Waals surface area contributed by atoms with Gasteiger partial charge in [-0.25, -0.2) is 0 Å². The van der Waals surface area contributed by atoms with Gasteiger partial charge in [0.2, 0.25) is 0 Å². The van der Waals surface area contributed by atoms with Crippen LogP contribution in [0.3, 0.4) is 0 Å². The van der Waals surface area contributed by atoms with E-state index < -0.39 is 0 Å². The van der Waals surface area contributed by atoms with Gasteiger partial charge in [0, 0.05) is 22.9 Å². The Morgan fingerprint density at radius 1 is 1.24 bits per heavy atom. The second-order valence-electron chi connectivity index (χ2n) is 7.16. The molecule has 1 amide bonds. The summed E-state index contributed by atoms with van der Waals surface area (Å²) in [4.78, 5) is 19.6. The molecule has 152 valence electrons. The van der Waals surface area contributed by atoms with Crippen molar-refractivity contribution >= 4 is 40.1 Å². The van der Waals surface area contributed by atoms with Crippen molar-refractivity contribution in [2.45, 2.75) is 31.9 Å². The van der Waals surface area contributed by atoms with Crippen molar-refractivity contribution in [3.63, 3.8) is 0 Å².